The third-order valence-corrected chi connectivity index (χ3v) is 4.70. The standard InChI is InChI=1S/C17H20ClN3O2/c1-21-10-13(9-19-21)17(12-6-14(22)7-12)20-16(23)8-11-4-2-3-5-15(11)18/h2-5,9-10,12,14,17,22H,6-8H2,1H3,(H,20,23)/t12?,14?,17-/m0/s1. The Kier molecular flexibility index (Phi) is 4.68. The average molecular weight is 334 g/mol. The molecule has 6 heteroatoms. The van der Waals surface area contributed by atoms with Crippen LogP contribution in [0.4, 0.5) is 0 Å². The highest BCUT2D eigenvalue weighted by Crippen LogP contribution is 2.38. The zero-order valence-electron chi connectivity index (χ0n) is 12.9. The fourth-order valence-corrected chi connectivity index (χ4v) is 3.22. The topological polar surface area (TPSA) is 67.2 Å². The number of halogens is 1. The Morgan fingerprint density at radius 3 is 2.83 bits per heavy atom. The number of aromatic nitrogens is 2. The molecular formula is C17H20ClN3O2. The van der Waals surface area contributed by atoms with Crippen molar-refractivity contribution in [2.75, 3.05) is 0 Å². The van der Waals surface area contributed by atoms with E-state index in [-0.39, 0.29) is 30.4 Å². The molecule has 0 radical (unpaired) electrons. The number of hydrogen-bond donors (Lipinski definition) is 2. The molecule has 2 N–H and O–H groups in total. The van der Waals surface area contributed by atoms with Gasteiger partial charge in [-0.25, -0.2) is 0 Å². The zero-order valence-corrected chi connectivity index (χ0v) is 13.7. The molecule has 0 saturated heterocycles. The summed E-state index contributed by atoms with van der Waals surface area (Å²) < 4.78 is 1.72. The third-order valence-electron chi connectivity index (χ3n) is 4.33. The Balaban J connectivity index is 1.71. The maximum atomic E-state index is 12.4. The Labute approximate surface area is 140 Å². The van der Waals surface area contributed by atoms with E-state index in [9.17, 15) is 9.90 Å². The molecule has 1 amide bonds. The summed E-state index contributed by atoms with van der Waals surface area (Å²) in [6.07, 6.45) is 5.06. The molecule has 1 atom stereocenters. The van der Waals surface area contributed by atoms with E-state index < -0.39 is 0 Å². The van der Waals surface area contributed by atoms with Crippen molar-refractivity contribution in [3.63, 3.8) is 0 Å². The van der Waals surface area contributed by atoms with E-state index in [1.807, 2.05) is 31.4 Å². The fraction of sp³-hybridized carbons (Fsp3) is 0.412. The lowest BCUT2D eigenvalue weighted by Crippen LogP contribution is -2.41. The molecule has 1 aromatic heterocycles. The van der Waals surface area contributed by atoms with Crippen LogP contribution >= 0.6 is 11.6 Å². The number of benzene rings is 1. The molecule has 1 saturated carbocycles. The summed E-state index contributed by atoms with van der Waals surface area (Å²) in [5.41, 5.74) is 1.78. The molecule has 1 aliphatic rings. The Morgan fingerprint density at radius 1 is 1.48 bits per heavy atom. The summed E-state index contributed by atoms with van der Waals surface area (Å²) in [6, 6.07) is 7.23. The predicted octanol–water partition coefficient (Wildman–Crippen LogP) is 2.24. The molecule has 0 unspecified atom stereocenters. The molecule has 0 spiro atoms. The molecule has 122 valence electrons. The van der Waals surface area contributed by atoms with Crippen molar-refractivity contribution in [1.82, 2.24) is 15.1 Å². The summed E-state index contributed by atoms with van der Waals surface area (Å²) in [7, 11) is 1.85. The second-order valence-electron chi connectivity index (χ2n) is 6.15. The van der Waals surface area contributed by atoms with E-state index in [2.05, 4.69) is 10.4 Å². The van der Waals surface area contributed by atoms with Gasteiger partial charge < -0.3 is 10.4 Å². The lowest BCUT2D eigenvalue weighted by molar-refractivity contribution is -0.122. The van der Waals surface area contributed by atoms with Crippen LogP contribution in [0.1, 0.15) is 30.0 Å². The molecule has 0 aliphatic heterocycles. The van der Waals surface area contributed by atoms with Crippen LogP contribution in [0.15, 0.2) is 36.7 Å². The molecule has 1 fully saturated rings. The van der Waals surface area contributed by atoms with Gasteiger partial charge in [-0.15, -0.1) is 0 Å². The van der Waals surface area contributed by atoms with Gasteiger partial charge in [-0.3, -0.25) is 9.48 Å². The van der Waals surface area contributed by atoms with Crippen LogP contribution in [0.5, 0.6) is 0 Å². The highest BCUT2D eigenvalue weighted by molar-refractivity contribution is 6.31. The smallest absolute Gasteiger partial charge is 0.224 e. The van der Waals surface area contributed by atoms with Crippen molar-refractivity contribution in [3.8, 4) is 0 Å². The summed E-state index contributed by atoms with van der Waals surface area (Å²) in [5.74, 6) is 0.165. The summed E-state index contributed by atoms with van der Waals surface area (Å²) in [4.78, 5) is 12.4. The summed E-state index contributed by atoms with van der Waals surface area (Å²) >= 11 is 6.12. The number of hydrogen-bond acceptors (Lipinski definition) is 3. The van der Waals surface area contributed by atoms with Crippen molar-refractivity contribution in [2.24, 2.45) is 13.0 Å². The monoisotopic (exact) mass is 333 g/mol. The highest BCUT2D eigenvalue weighted by Gasteiger charge is 2.36. The van der Waals surface area contributed by atoms with Crippen molar-refractivity contribution in [2.45, 2.75) is 31.4 Å². The second kappa shape index (κ2) is 6.72. The zero-order chi connectivity index (χ0) is 16.4. The van der Waals surface area contributed by atoms with Crippen LogP contribution in [0.25, 0.3) is 0 Å². The highest BCUT2D eigenvalue weighted by atomic mass is 35.5. The molecule has 0 bridgehead atoms. The van der Waals surface area contributed by atoms with Gasteiger partial charge in [0.15, 0.2) is 0 Å². The summed E-state index contributed by atoms with van der Waals surface area (Å²) in [6.45, 7) is 0. The first-order valence-corrected chi connectivity index (χ1v) is 8.10. The largest absolute Gasteiger partial charge is 0.393 e. The number of aliphatic hydroxyl groups excluding tert-OH is 1. The van der Waals surface area contributed by atoms with Gasteiger partial charge >= 0.3 is 0 Å². The first-order chi connectivity index (χ1) is 11.0. The normalized spacial score (nSPS) is 21.5. The van der Waals surface area contributed by atoms with E-state index in [0.717, 1.165) is 11.1 Å². The number of amides is 1. The number of aliphatic hydroxyl groups is 1. The Bertz CT molecular complexity index is 695. The van der Waals surface area contributed by atoms with Gasteiger partial charge in [-0.05, 0) is 30.4 Å². The maximum absolute atomic E-state index is 12.4. The fourth-order valence-electron chi connectivity index (χ4n) is 3.02. The predicted molar refractivity (Wildman–Crippen MR) is 88.0 cm³/mol. The van der Waals surface area contributed by atoms with Crippen molar-refractivity contribution in [1.29, 1.82) is 0 Å². The molecular weight excluding hydrogens is 314 g/mol. The number of rotatable bonds is 5. The lowest BCUT2D eigenvalue weighted by atomic mass is 9.75. The number of nitrogens with zero attached hydrogens (tertiary/aromatic N) is 2. The molecule has 23 heavy (non-hydrogen) atoms. The first kappa shape index (κ1) is 16.0. The van der Waals surface area contributed by atoms with Crippen LogP contribution < -0.4 is 5.32 Å². The van der Waals surface area contributed by atoms with E-state index >= 15 is 0 Å². The molecule has 3 rings (SSSR count). The van der Waals surface area contributed by atoms with Crippen LogP contribution in [-0.2, 0) is 18.3 Å². The molecule has 1 aromatic carbocycles. The molecule has 1 heterocycles. The first-order valence-electron chi connectivity index (χ1n) is 7.72. The van der Waals surface area contributed by atoms with Crippen LogP contribution in [0, 0.1) is 5.92 Å². The van der Waals surface area contributed by atoms with Crippen molar-refractivity contribution >= 4 is 17.5 Å². The Hall–Kier alpha value is -1.85. The Morgan fingerprint density at radius 2 is 2.22 bits per heavy atom. The van der Waals surface area contributed by atoms with Gasteiger partial charge in [-0.2, -0.15) is 5.10 Å². The maximum Gasteiger partial charge on any atom is 0.224 e. The number of aryl methyl sites for hydroxylation is 1. The van der Waals surface area contributed by atoms with Gasteiger partial charge in [0, 0.05) is 23.8 Å². The quantitative estimate of drug-likeness (QED) is 0.882. The minimum atomic E-state index is -0.264. The van der Waals surface area contributed by atoms with Gasteiger partial charge in [0.05, 0.1) is 24.8 Å². The third kappa shape index (κ3) is 3.74. The van der Waals surface area contributed by atoms with Crippen molar-refractivity contribution in [3.05, 3.63) is 52.8 Å². The minimum Gasteiger partial charge on any atom is -0.393 e. The number of carbonyl (C=O) groups excluding carboxylic acids is 1. The minimum absolute atomic E-state index is 0.0756. The van der Waals surface area contributed by atoms with E-state index in [0.29, 0.717) is 17.9 Å². The van der Waals surface area contributed by atoms with Gasteiger partial charge in [0.2, 0.25) is 5.91 Å². The molecule has 1 aliphatic carbocycles. The average Bonchev–Trinajstić information content (AvgIpc) is 2.91. The van der Waals surface area contributed by atoms with Crippen molar-refractivity contribution < 1.29 is 9.90 Å². The number of nitrogens with one attached hydrogen (secondary N) is 1. The number of carbonyl (C=O) groups is 1. The van der Waals surface area contributed by atoms with Gasteiger partial charge in [0.25, 0.3) is 0 Å². The van der Waals surface area contributed by atoms with Gasteiger partial charge in [0.1, 0.15) is 0 Å². The van der Waals surface area contributed by atoms with Crippen LogP contribution in [-0.4, -0.2) is 26.9 Å². The van der Waals surface area contributed by atoms with Crippen LogP contribution in [0.3, 0.4) is 0 Å². The molecule has 2 aromatic rings. The van der Waals surface area contributed by atoms with E-state index in [1.165, 1.54) is 0 Å². The van der Waals surface area contributed by atoms with E-state index in [1.54, 1.807) is 16.9 Å². The SMILES string of the molecule is Cn1cc([C@@H](NC(=O)Cc2ccccc2Cl)C2CC(O)C2)cn1. The van der Waals surface area contributed by atoms with Crippen LogP contribution in [0.2, 0.25) is 5.02 Å². The summed E-state index contributed by atoms with van der Waals surface area (Å²) in [5, 5.41) is 17.4. The second-order valence-corrected chi connectivity index (χ2v) is 6.55. The van der Waals surface area contributed by atoms with E-state index in [4.69, 9.17) is 11.6 Å². The molecule has 5 nitrogen and oxygen atoms in total. The lowest BCUT2D eigenvalue weighted by Gasteiger charge is -2.37. The van der Waals surface area contributed by atoms with Gasteiger partial charge in [-0.1, -0.05) is 29.8 Å².